The van der Waals surface area contributed by atoms with Gasteiger partial charge in [0.15, 0.2) is 0 Å². The Bertz CT molecular complexity index is 231. The Morgan fingerprint density at radius 1 is 0.139 bits per heavy atom. The number of rotatable bonds is 0. The zero-order chi connectivity index (χ0) is 27.0. The van der Waals surface area contributed by atoms with Gasteiger partial charge in [-0.15, -0.1) is 61.5 Å². The van der Waals surface area contributed by atoms with Crippen molar-refractivity contribution in [3.63, 3.8) is 0 Å². The van der Waals surface area contributed by atoms with Gasteiger partial charge in [-0.2, -0.15) is 0 Å². The Hall–Kier alpha value is 0.540. The van der Waals surface area contributed by atoms with Crippen molar-refractivity contribution >= 4 is 0 Å². The summed E-state index contributed by atoms with van der Waals surface area (Å²) in [6, 6.07) is 0. The highest BCUT2D eigenvalue weighted by Crippen LogP contribution is 1.51. The fourth-order valence-corrected chi connectivity index (χ4v) is 0. The molecule has 0 amide bonds. The normalized spacial score (nSPS) is 10.0. The molecule has 0 bridgehead atoms. The number of quaternary nitrogens is 6. The molecular weight excluding hydrogens is 681 g/mol. The summed E-state index contributed by atoms with van der Waals surface area (Å²) >= 11 is 0. The van der Waals surface area contributed by atoms with Gasteiger partial charge in [0.05, 0.1) is 0 Å². The second-order valence-corrected chi connectivity index (χ2v) is 6.80. The molecule has 0 saturated heterocycles. The average Bonchev–Trinajstić information content (AvgIpc) is 1.94. The topological polar surface area (TPSA) is 772 Å². The fraction of sp³-hybridized carbons (Fsp3) is 0. The van der Waals surface area contributed by atoms with E-state index in [2.05, 4.69) is 0 Å². The Morgan fingerprint density at radius 3 is 0.139 bits per heavy atom. The van der Waals surface area contributed by atoms with E-state index in [-0.39, 0.29) is 36.9 Å². The van der Waals surface area contributed by atoms with Crippen molar-refractivity contribution in [1.29, 1.82) is 0 Å². The SMILES string of the molecule is [NH4+].[NH4+].[NH4+].[NH4+].[NH4+].[NH4+].[O-][Cl+3]([O-])([O-])[O-].[O-][Cl+3]([O-])([O-])[O-].[O-][Cl+3]([O-])([O-])[O-].[O-][Cl+3]([O-])([O-])[O-].[O-][Cl+3]([O-])([O-])[O-].[O-][Cl+3]([O-])([O-])[O-]. The number of halogens is 6. The van der Waals surface area contributed by atoms with Crippen LogP contribution in [0.5, 0.6) is 0 Å². The first-order valence-corrected chi connectivity index (χ1v) is 11.1. The van der Waals surface area contributed by atoms with Crippen molar-refractivity contribution in [3.8, 4) is 0 Å². The standard InChI is InChI=1S/6ClHO4.6H3N/c6*2-1(3,4)5;;;;;;/h6*(H,2,3,4,5);6*1H3. The molecule has 0 aromatic heterocycles. The van der Waals surface area contributed by atoms with E-state index in [0.29, 0.717) is 0 Å². The molecular formula is H24Cl6N6O24. The molecule has 0 aromatic rings. The van der Waals surface area contributed by atoms with E-state index in [1.165, 1.54) is 0 Å². The predicted octanol–water partition coefficient (Wildman–Crippen LogP) is -26.3. The maximum atomic E-state index is 8.49. The van der Waals surface area contributed by atoms with E-state index in [1.54, 1.807) is 0 Å². The van der Waals surface area contributed by atoms with Crippen LogP contribution >= 0.6 is 0 Å². The van der Waals surface area contributed by atoms with Gasteiger partial charge in [-0.3, -0.25) is 0 Å². The summed E-state index contributed by atoms with van der Waals surface area (Å²) in [4.78, 5) is 0. The molecule has 0 atom stereocenters. The van der Waals surface area contributed by atoms with Crippen LogP contribution in [0.3, 0.4) is 0 Å². The lowest BCUT2D eigenvalue weighted by Crippen LogP contribution is -2.68. The van der Waals surface area contributed by atoms with Gasteiger partial charge in [-0.25, -0.2) is 112 Å². The fourth-order valence-electron chi connectivity index (χ4n) is 0. The molecule has 36 heavy (non-hydrogen) atoms. The molecule has 0 saturated carbocycles. The minimum Gasteiger partial charge on any atom is -0.369 e. The van der Waals surface area contributed by atoms with E-state index in [9.17, 15) is 0 Å². The van der Waals surface area contributed by atoms with Crippen molar-refractivity contribution in [1.82, 2.24) is 36.9 Å². The summed E-state index contributed by atoms with van der Waals surface area (Å²) in [5.41, 5.74) is 0. The summed E-state index contributed by atoms with van der Waals surface area (Å²) < 4.78 is 204. The summed E-state index contributed by atoms with van der Waals surface area (Å²) in [6.45, 7) is 0. The van der Waals surface area contributed by atoms with Crippen LogP contribution in [0.25, 0.3) is 0 Å². The minimum atomic E-state index is -4.94. The molecule has 0 radical (unpaired) electrons. The zero-order valence-corrected chi connectivity index (χ0v) is 22.6. The van der Waals surface area contributed by atoms with Gasteiger partial charge >= 0.3 is 0 Å². The van der Waals surface area contributed by atoms with Crippen LogP contribution in [0.4, 0.5) is 0 Å². The Morgan fingerprint density at radius 2 is 0.139 bits per heavy atom. The van der Waals surface area contributed by atoms with E-state index in [0.717, 1.165) is 0 Å². The van der Waals surface area contributed by atoms with Gasteiger partial charge < -0.3 is 36.9 Å². The second-order valence-electron chi connectivity index (χ2n) is 2.27. The molecule has 0 aliphatic carbocycles. The van der Waals surface area contributed by atoms with Gasteiger partial charge in [-0.05, 0) is 0 Å². The van der Waals surface area contributed by atoms with Gasteiger partial charge in [0.1, 0.15) is 0 Å². The molecule has 0 spiro atoms. The minimum absolute atomic E-state index is 0. The van der Waals surface area contributed by atoms with Crippen LogP contribution < -0.4 is 149 Å². The first kappa shape index (κ1) is 76.6. The molecule has 0 aliphatic rings. The molecule has 0 aromatic carbocycles. The van der Waals surface area contributed by atoms with E-state index in [1.807, 2.05) is 0 Å². The molecule has 0 aliphatic heterocycles. The van der Waals surface area contributed by atoms with Crippen LogP contribution in [0.2, 0.25) is 0 Å². The van der Waals surface area contributed by atoms with E-state index in [4.69, 9.17) is 112 Å². The lowest BCUT2D eigenvalue weighted by atomic mass is 14.0. The van der Waals surface area contributed by atoms with Crippen LogP contribution in [-0.2, 0) is 0 Å². The Kier molecular flexibility index (Phi) is 67.6. The quantitative estimate of drug-likeness (QED) is 0.136. The molecule has 0 unspecified atom stereocenters. The van der Waals surface area contributed by atoms with Crippen molar-refractivity contribution in [2.45, 2.75) is 0 Å². The average molecular weight is 705 g/mol. The summed E-state index contributed by atoms with van der Waals surface area (Å²) in [6.07, 6.45) is 0. The molecule has 36 heteroatoms. The maximum Gasteiger partial charge on any atom is -0.112 e. The molecule has 24 N–H and O–H groups in total. The molecule has 0 fully saturated rings. The zero-order valence-electron chi connectivity index (χ0n) is 18.1. The molecule has 0 rings (SSSR count). The highest BCUT2D eigenvalue weighted by Gasteiger charge is 1.86. The Balaban J connectivity index is -0.0000000186. The summed E-state index contributed by atoms with van der Waals surface area (Å²) in [7, 11) is -29.7. The van der Waals surface area contributed by atoms with Gasteiger partial charge in [0, 0.05) is 0 Å². The maximum absolute atomic E-state index is 8.49. The predicted molar refractivity (Wildman–Crippen MR) is 35.9 cm³/mol. The first-order chi connectivity index (χ1) is 12.0. The summed E-state index contributed by atoms with van der Waals surface area (Å²) in [5.74, 6) is 0. The number of hydrogen-bond donors (Lipinski definition) is 6. The van der Waals surface area contributed by atoms with Crippen molar-refractivity contribution in [2.75, 3.05) is 0 Å². The lowest BCUT2D eigenvalue weighted by Gasteiger charge is -2.17. The highest BCUT2D eigenvalue weighted by molar-refractivity contribution is 2.14. The molecule has 30 nitrogen and oxygen atoms in total. The monoisotopic (exact) mass is 702 g/mol. The van der Waals surface area contributed by atoms with Gasteiger partial charge in [-0.1, -0.05) is 0 Å². The molecule has 240 valence electrons. The smallest absolute Gasteiger partial charge is 0.112 e. The van der Waals surface area contributed by atoms with Gasteiger partial charge in [0.25, 0.3) is 0 Å². The van der Waals surface area contributed by atoms with Crippen molar-refractivity contribution < 1.29 is 173 Å². The van der Waals surface area contributed by atoms with Crippen LogP contribution in [0.1, 0.15) is 0 Å². The number of hydrogen-bond acceptors (Lipinski definition) is 24. The highest BCUT2D eigenvalue weighted by atomic mass is 35.7. The second kappa shape index (κ2) is 31.8. The van der Waals surface area contributed by atoms with Crippen LogP contribution in [0, 0.1) is 61.5 Å². The van der Waals surface area contributed by atoms with Crippen molar-refractivity contribution in [2.24, 2.45) is 0 Å². The third-order valence-electron chi connectivity index (χ3n) is 0. The first-order valence-electron chi connectivity index (χ1n) is 3.70. The largest absolute Gasteiger partial charge is 0.369 e. The van der Waals surface area contributed by atoms with E-state index < -0.39 is 61.5 Å². The lowest BCUT2D eigenvalue weighted by molar-refractivity contribution is -2.00. The summed E-state index contributed by atoms with van der Waals surface area (Å²) in [5, 5.41) is 0. The van der Waals surface area contributed by atoms with E-state index >= 15 is 0 Å². The van der Waals surface area contributed by atoms with Crippen LogP contribution in [0.15, 0.2) is 0 Å². The van der Waals surface area contributed by atoms with Crippen LogP contribution in [-0.4, -0.2) is 0 Å². The van der Waals surface area contributed by atoms with Crippen molar-refractivity contribution in [3.05, 3.63) is 0 Å². The van der Waals surface area contributed by atoms with Gasteiger partial charge in [0.2, 0.25) is 0 Å². The third-order valence-corrected chi connectivity index (χ3v) is 0. The third kappa shape index (κ3) is 133000. The Labute approximate surface area is 210 Å². The molecule has 0 heterocycles.